The highest BCUT2D eigenvalue weighted by atomic mass is 16.6. The number of ether oxygens (including phenoxy) is 3. The molecule has 0 aromatic heterocycles. The quantitative estimate of drug-likeness (QED) is 0.601. The minimum absolute atomic E-state index is 0.255. The van der Waals surface area contributed by atoms with E-state index in [0.717, 1.165) is 5.56 Å². The summed E-state index contributed by atoms with van der Waals surface area (Å²) in [4.78, 5) is 23.5. The molecule has 0 heterocycles. The predicted molar refractivity (Wildman–Crippen MR) is 89.5 cm³/mol. The molecule has 0 N–H and O–H groups in total. The molecule has 0 saturated carbocycles. The van der Waals surface area contributed by atoms with E-state index in [1.54, 1.807) is 0 Å². The van der Waals surface area contributed by atoms with Crippen molar-refractivity contribution < 1.29 is 23.8 Å². The standard InChI is InChI=1S/C19H20O5/c1-13-4-6-14(7-5-13)8-11-18(20)24-16-10-9-15(19(21)23-3)12-17(16)22-2/h4-7,9-10,12H,8,11H2,1-3H3. The van der Waals surface area contributed by atoms with Crippen LogP contribution in [0.4, 0.5) is 0 Å². The van der Waals surface area contributed by atoms with Gasteiger partial charge in [0.25, 0.3) is 0 Å². The molecular weight excluding hydrogens is 308 g/mol. The van der Waals surface area contributed by atoms with Crippen molar-refractivity contribution in [1.29, 1.82) is 0 Å². The van der Waals surface area contributed by atoms with Crippen LogP contribution in [0.5, 0.6) is 11.5 Å². The largest absolute Gasteiger partial charge is 0.493 e. The molecule has 0 saturated heterocycles. The average Bonchev–Trinajstić information content (AvgIpc) is 2.60. The fraction of sp³-hybridized carbons (Fsp3) is 0.263. The van der Waals surface area contributed by atoms with Crippen molar-refractivity contribution in [1.82, 2.24) is 0 Å². The maximum atomic E-state index is 12.0. The molecule has 0 aliphatic rings. The van der Waals surface area contributed by atoms with Gasteiger partial charge in [-0.25, -0.2) is 4.79 Å². The Bertz CT molecular complexity index is 719. The van der Waals surface area contributed by atoms with E-state index in [9.17, 15) is 9.59 Å². The Morgan fingerprint density at radius 3 is 2.29 bits per heavy atom. The number of carbonyl (C=O) groups excluding carboxylic acids is 2. The molecule has 24 heavy (non-hydrogen) atoms. The third-order valence-electron chi connectivity index (χ3n) is 3.55. The molecule has 0 atom stereocenters. The van der Waals surface area contributed by atoms with Crippen LogP contribution in [0.1, 0.15) is 27.9 Å². The smallest absolute Gasteiger partial charge is 0.337 e. The van der Waals surface area contributed by atoms with Gasteiger partial charge in [-0.3, -0.25) is 4.79 Å². The molecule has 0 fully saturated rings. The lowest BCUT2D eigenvalue weighted by atomic mass is 10.1. The average molecular weight is 328 g/mol. The van der Waals surface area contributed by atoms with Crippen LogP contribution in [0.2, 0.25) is 0 Å². The van der Waals surface area contributed by atoms with E-state index in [0.29, 0.717) is 17.7 Å². The second-order valence-electron chi connectivity index (χ2n) is 5.32. The number of carbonyl (C=O) groups is 2. The summed E-state index contributed by atoms with van der Waals surface area (Å²) in [7, 11) is 2.74. The van der Waals surface area contributed by atoms with Crippen molar-refractivity contribution in [3.63, 3.8) is 0 Å². The van der Waals surface area contributed by atoms with Gasteiger partial charge in [0.05, 0.1) is 19.8 Å². The third-order valence-corrected chi connectivity index (χ3v) is 3.55. The highest BCUT2D eigenvalue weighted by Gasteiger charge is 2.14. The Balaban J connectivity index is 2.00. The van der Waals surface area contributed by atoms with E-state index < -0.39 is 5.97 Å². The molecular formula is C19H20O5. The molecule has 126 valence electrons. The van der Waals surface area contributed by atoms with Gasteiger partial charge in [0.2, 0.25) is 0 Å². The van der Waals surface area contributed by atoms with Crippen molar-refractivity contribution >= 4 is 11.9 Å². The summed E-state index contributed by atoms with van der Waals surface area (Å²) in [6.45, 7) is 2.02. The van der Waals surface area contributed by atoms with Crippen molar-refractivity contribution in [2.24, 2.45) is 0 Å². The second-order valence-corrected chi connectivity index (χ2v) is 5.32. The monoisotopic (exact) mass is 328 g/mol. The molecule has 5 nitrogen and oxygen atoms in total. The molecule has 0 spiro atoms. The van der Waals surface area contributed by atoms with Crippen LogP contribution >= 0.6 is 0 Å². The van der Waals surface area contributed by atoms with Crippen molar-refractivity contribution in [2.75, 3.05) is 14.2 Å². The first-order chi connectivity index (χ1) is 11.5. The van der Waals surface area contributed by atoms with Gasteiger partial charge >= 0.3 is 11.9 Å². The maximum Gasteiger partial charge on any atom is 0.337 e. The number of methoxy groups -OCH3 is 2. The summed E-state index contributed by atoms with van der Waals surface area (Å²) in [5.41, 5.74) is 2.58. The van der Waals surface area contributed by atoms with Gasteiger partial charge in [-0.15, -0.1) is 0 Å². The number of aryl methyl sites for hydroxylation is 2. The summed E-state index contributed by atoms with van der Waals surface area (Å²) >= 11 is 0. The van der Waals surface area contributed by atoms with Crippen molar-refractivity contribution in [2.45, 2.75) is 19.8 Å². The zero-order valence-electron chi connectivity index (χ0n) is 14.0. The first-order valence-electron chi connectivity index (χ1n) is 7.56. The van der Waals surface area contributed by atoms with E-state index in [1.165, 1.54) is 38.0 Å². The lowest BCUT2D eigenvalue weighted by Gasteiger charge is -2.10. The zero-order chi connectivity index (χ0) is 17.5. The Labute approximate surface area is 141 Å². The summed E-state index contributed by atoms with van der Waals surface area (Å²) in [5, 5.41) is 0. The number of rotatable bonds is 6. The van der Waals surface area contributed by atoms with E-state index in [1.807, 2.05) is 31.2 Å². The molecule has 2 rings (SSSR count). The van der Waals surface area contributed by atoms with Crippen LogP contribution < -0.4 is 9.47 Å². The first-order valence-corrected chi connectivity index (χ1v) is 7.56. The predicted octanol–water partition coefficient (Wildman–Crippen LogP) is 3.33. The molecule has 0 unspecified atom stereocenters. The lowest BCUT2D eigenvalue weighted by Crippen LogP contribution is -2.10. The van der Waals surface area contributed by atoms with Crippen LogP contribution in [-0.2, 0) is 16.0 Å². The first kappa shape index (κ1) is 17.5. The molecule has 0 radical (unpaired) electrons. The van der Waals surface area contributed by atoms with E-state index >= 15 is 0 Å². The van der Waals surface area contributed by atoms with Gasteiger partial charge in [0, 0.05) is 6.42 Å². The number of esters is 2. The zero-order valence-corrected chi connectivity index (χ0v) is 14.0. The Morgan fingerprint density at radius 2 is 1.67 bits per heavy atom. The van der Waals surface area contributed by atoms with Crippen molar-refractivity contribution in [3.05, 3.63) is 59.2 Å². The molecule has 5 heteroatoms. The highest BCUT2D eigenvalue weighted by molar-refractivity contribution is 5.90. The number of benzene rings is 2. The minimum Gasteiger partial charge on any atom is -0.493 e. The topological polar surface area (TPSA) is 61.8 Å². The molecule has 0 bridgehead atoms. The van der Waals surface area contributed by atoms with E-state index in [-0.39, 0.29) is 18.1 Å². The van der Waals surface area contributed by atoms with Gasteiger partial charge in [0.15, 0.2) is 11.5 Å². The van der Waals surface area contributed by atoms with Gasteiger partial charge in [-0.2, -0.15) is 0 Å². The Morgan fingerprint density at radius 1 is 0.958 bits per heavy atom. The lowest BCUT2D eigenvalue weighted by molar-refractivity contribution is -0.134. The third kappa shape index (κ3) is 4.59. The number of hydrogen-bond donors (Lipinski definition) is 0. The van der Waals surface area contributed by atoms with Gasteiger partial charge in [0.1, 0.15) is 0 Å². The van der Waals surface area contributed by atoms with E-state index in [2.05, 4.69) is 4.74 Å². The molecule has 0 amide bonds. The summed E-state index contributed by atoms with van der Waals surface area (Å²) in [5.74, 6) is -0.258. The van der Waals surface area contributed by atoms with Crippen LogP contribution in [0.15, 0.2) is 42.5 Å². The molecule has 0 aliphatic heterocycles. The minimum atomic E-state index is -0.481. The van der Waals surface area contributed by atoms with Crippen LogP contribution in [0, 0.1) is 6.92 Å². The molecule has 0 aliphatic carbocycles. The maximum absolute atomic E-state index is 12.0. The summed E-state index contributed by atoms with van der Waals surface area (Å²) in [6, 6.07) is 12.5. The Hall–Kier alpha value is -2.82. The van der Waals surface area contributed by atoms with Crippen LogP contribution in [0.25, 0.3) is 0 Å². The highest BCUT2D eigenvalue weighted by Crippen LogP contribution is 2.28. The fourth-order valence-corrected chi connectivity index (χ4v) is 2.17. The van der Waals surface area contributed by atoms with Crippen molar-refractivity contribution in [3.8, 4) is 11.5 Å². The summed E-state index contributed by atoms with van der Waals surface area (Å²) in [6.07, 6.45) is 0.854. The number of hydrogen-bond acceptors (Lipinski definition) is 5. The van der Waals surface area contributed by atoms with Crippen LogP contribution in [-0.4, -0.2) is 26.2 Å². The van der Waals surface area contributed by atoms with E-state index in [4.69, 9.17) is 9.47 Å². The van der Waals surface area contributed by atoms with Gasteiger partial charge in [-0.1, -0.05) is 29.8 Å². The summed E-state index contributed by atoms with van der Waals surface area (Å²) < 4.78 is 15.2. The Kier molecular flexibility index (Phi) is 5.95. The van der Waals surface area contributed by atoms with Gasteiger partial charge in [-0.05, 0) is 37.1 Å². The van der Waals surface area contributed by atoms with Crippen LogP contribution in [0.3, 0.4) is 0 Å². The SMILES string of the molecule is COC(=O)c1ccc(OC(=O)CCc2ccc(C)cc2)c(OC)c1. The fourth-order valence-electron chi connectivity index (χ4n) is 2.17. The van der Waals surface area contributed by atoms with Gasteiger partial charge < -0.3 is 14.2 Å². The second kappa shape index (κ2) is 8.15. The normalized spacial score (nSPS) is 10.1. The molecule has 2 aromatic carbocycles. The molecule has 2 aromatic rings.